The highest BCUT2D eigenvalue weighted by atomic mass is 32.1. The Labute approximate surface area is 205 Å². The molecule has 2 N–H and O–H groups in total. The van der Waals surface area contributed by atoms with Crippen LogP contribution in [-0.4, -0.2) is 31.5 Å². The minimum atomic E-state index is -0.965. The third kappa shape index (κ3) is 3.95. The van der Waals surface area contributed by atoms with Gasteiger partial charge in [-0.3, -0.25) is 10.1 Å². The summed E-state index contributed by atoms with van der Waals surface area (Å²) < 4.78 is 3.26. The number of amides is 1. The molecule has 2 heterocycles. The van der Waals surface area contributed by atoms with E-state index in [0.717, 1.165) is 40.0 Å². The molecule has 3 aromatic carbocycles. The van der Waals surface area contributed by atoms with E-state index in [1.165, 1.54) is 24.2 Å². The summed E-state index contributed by atoms with van der Waals surface area (Å²) in [5.74, 6) is -0.383. The number of carbonyl (C=O) groups excluding carboxylic acids is 1. The van der Waals surface area contributed by atoms with E-state index in [1.807, 2.05) is 42.5 Å². The van der Waals surface area contributed by atoms with Gasteiger partial charge in [0.1, 0.15) is 5.82 Å². The third-order valence-corrected chi connectivity index (χ3v) is 7.50. The number of fused-ring (bicyclic) bond motifs is 2. The van der Waals surface area contributed by atoms with Crippen molar-refractivity contribution in [2.45, 2.75) is 31.7 Å². The number of para-hydroxylation sites is 1. The number of nitrogens with zero attached hydrogens (tertiary/aromatic N) is 3. The van der Waals surface area contributed by atoms with Gasteiger partial charge in [0.15, 0.2) is 5.13 Å². The molecule has 5 aromatic rings. The number of carboxylic acids is 1. The number of aromatic nitrogens is 3. The smallest absolute Gasteiger partial charge is 0.335 e. The van der Waals surface area contributed by atoms with E-state index >= 15 is 0 Å². The van der Waals surface area contributed by atoms with Gasteiger partial charge in [-0.2, -0.15) is 0 Å². The molecule has 0 saturated heterocycles. The molecule has 0 bridgehead atoms. The topological polar surface area (TPSA) is 97.1 Å². The fourth-order valence-electron chi connectivity index (χ4n) is 4.83. The van der Waals surface area contributed by atoms with Crippen molar-refractivity contribution in [1.29, 1.82) is 0 Å². The monoisotopic (exact) mass is 482 g/mol. The van der Waals surface area contributed by atoms with Crippen LogP contribution < -0.4 is 5.32 Å². The zero-order valence-corrected chi connectivity index (χ0v) is 19.6. The maximum atomic E-state index is 12.8. The second-order valence-corrected chi connectivity index (χ2v) is 9.80. The molecule has 1 aliphatic rings. The molecule has 0 atom stereocenters. The zero-order valence-electron chi connectivity index (χ0n) is 18.8. The second-order valence-electron chi connectivity index (χ2n) is 8.77. The van der Waals surface area contributed by atoms with Crippen LogP contribution in [0.4, 0.5) is 5.13 Å². The lowest BCUT2D eigenvalue weighted by Gasteiger charge is -2.16. The van der Waals surface area contributed by atoms with Crippen LogP contribution in [0.2, 0.25) is 0 Å². The number of carbonyl (C=O) groups is 2. The Morgan fingerprint density at radius 1 is 0.914 bits per heavy atom. The summed E-state index contributed by atoms with van der Waals surface area (Å²) in [4.78, 5) is 33.6. The lowest BCUT2D eigenvalue weighted by Crippen LogP contribution is -2.11. The highest BCUT2D eigenvalue weighted by Crippen LogP contribution is 2.37. The number of rotatable bonds is 5. The standard InChI is InChI=1S/C27H22N4O3S/c32-25(30-27-29-20-7-3-4-8-23(20)35-27)17-11-9-16(10-12-17)24-28-21-15-18(26(33)34)13-14-22(21)31(24)19-5-1-2-6-19/h3-4,7-15,19H,1-2,5-6H2,(H,33,34)(H,29,30,32). The maximum Gasteiger partial charge on any atom is 0.335 e. The van der Waals surface area contributed by atoms with Crippen molar-refractivity contribution >= 4 is 49.6 Å². The van der Waals surface area contributed by atoms with Gasteiger partial charge in [-0.25, -0.2) is 14.8 Å². The summed E-state index contributed by atoms with van der Waals surface area (Å²) >= 11 is 1.44. The molecule has 2 aromatic heterocycles. The molecular formula is C27H22N4O3S. The number of imidazole rings is 1. The zero-order chi connectivity index (χ0) is 23.9. The molecule has 174 valence electrons. The Hall–Kier alpha value is -4.04. The molecule has 1 amide bonds. The molecule has 0 radical (unpaired) electrons. The lowest BCUT2D eigenvalue weighted by molar-refractivity contribution is 0.0696. The van der Waals surface area contributed by atoms with Gasteiger partial charge in [0.25, 0.3) is 5.91 Å². The SMILES string of the molecule is O=C(O)c1ccc2c(c1)nc(-c1ccc(C(=O)Nc3nc4ccccc4s3)cc1)n2C1CCCC1. The van der Waals surface area contributed by atoms with E-state index in [1.54, 1.807) is 24.3 Å². The number of hydrogen-bond donors (Lipinski definition) is 2. The van der Waals surface area contributed by atoms with Crippen molar-refractivity contribution in [2.75, 3.05) is 5.32 Å². The number of carboxylic acid groups (broad SMARTS) is 1. The van der Waals surface area contributed by atoms with Gasteiger partial charge in [0, 0.05) is 17.2 Å². The van der Waals surface area contributed by atoms with E-state index in [0.29, 0.717) is 22.3 Å². The van der Waals surface area contributed by atoms with Crippen LogP contribution in [0.25, 0.3) is 32.6 Å². The molecule has 0 unspecified atom stereocenters. The fourth-order valence-corrected chi connectivity index (χ4v) is 5.69. The lowest BCUT2D eigenvalue weighted by atomic mass is 10.1. The summed E-state index contributed by atoms with van der Waals surface area (Å²) in [7, 11) is 0. The van der Waals surface area contributed by atoms with Crippen LogP contribution in [0.3, 0.4) is 0 Å². The molecule has 1 aliphatic carbocycles. The third-order valence-electron chi connectivity index (χ3n) is 6.55. The van der Waals surface area contributed by atoms with Gasteiger partial charge in [-0.1, -0.05) is 48.4 Å². The Balaban J connectivity index is 1.32. The molecule has 0 spiro atoms. The number of thiazole rings is 1. The van der Waals surface area contributed by atoms with Crippen molar-refractivity contribution in [2.24, 2.45) is 0 Å². The Kier molecular flexibility index (Phi) is 5.30. The largest absolute Gasteiger partial charge is 0.478 e. The van der Waals surface area contributed by atoms with Crippen molar-refractivity contribution in [3.8, 4) is 11.4 Å². The van der Waals surface area contributed by atoms with Crippen molar-refractivity contribution in [1.82, 2.24) is 14.5 Å². The molecule has 1 fully saturated rings. The molecule has 35 heavy (non-hydrogen) atoms. The number of anilines is 1. The predicted molar refractivity (Wildman–Crippen MR) is 137 cm³/mol. The first-order chi connectivity index (χ1) is 17.1. The van der Waals surface area contributed by atoms with E-state index in [4.69, 9.17) is 4.98 Å². The van der Waals surface area contributed by atoms with Crippen molar-refractivity contribution in [3.63, 3.8) is 0 Å². The molecular weight excluding hydrogens is 460 g/mol. The van der Waals surface area contributed by atoms with Crippen LogP contribution in [0.1, 0.15) is 52.4 Å². The average Bonchev–Trinajstić information content (AvgIpc) is 3.61. The minimum Gasteiger partial charge on any atom is -0.478 e. The summed E-state index contributed by atoms with van der Waals surface area (Å²) in [6.45, 7) is 0. The predicted octanol–water partition coefficient (Wildman–Crippen LogP) is 6.38. The van der Waals surface area contributed by atoms with Crippen LogP contribution in [0.15, 0.2) is 66.7 Å². The number of benzene rings is 3. The Bertz CT molecular complexity index is 1550. The van der Waals surface area contributed by atoms with Gasteiger partial charge >= 0.3 is 5.97 Å². The summed E-state index contributed by atoms with van der Waals surface area (Å²) in [6.07, 6.45) is 4.48. The van der Waals surface area contributed by atoms with Gasteiger partial charge in [-0.15, -0.1) is 0 Å². The van der Waals surface area contributed by atoms with E-state index in [9.17, 15) is 14.7 Å². The van der Waals surface area contributed by atoms with Crippen LogP contribution in [0, 0.1) is 0 Å². The second kappa shape index (κ2) is 8.63. The number of aromatic carboxylic acids is 1. The van der Waals surface area contributed by atoms with E-state index in [-0.39, 0.29) is 11.5 Å². The van der Waals surface area contributed by atoms with Crippen LogP contribution in [0.5, 0.6) is 0 Å². The normalized spacial score (nSPS) is 14.1. The average molecular weight is 483 g/mol. The van der Waals surface area contributed by atoms with E-state index in [2.05, 4.69) is 14.9 Å². The molecule has 6 rings (SSSR count). The number of hydrogen-bond acceptors (Lipinski definition) is 5. The number of nitrogens with one attached hydrogen (secondary N) is 1. The van der Waals surface area contributed by atoms with Gasteiger partial charge in [0.05, 0.1) is 26.8 Å². The Morgan fingerprint density at radius 3 is 2.40 bits per heavy atom. The van der Waals surface area contributed by atoms with Gasteiger partial charge in [-0.05, 0) is 55.3 Å². The van der Waals surface area contributed by atoms with Crippen molar-refractivity contribution in [3.05, 3.63) is 77.9 Å². The summed E-state index contributed by atoms with van der Waals surface area (Å²) in [6, 6.07) is 20.6. The van der Waals surface area contributed by atoms with E-state index < -0.39 is 5.97 Å². The minimum absolute atomic E-state index is 0.217. The molecule has 0 aliphatic heterocycles. The first-order valence-electron chi connectivity index (χ1n) is 11.6. The van der Waals surface area contributed by atoms with Crippen molar-refractivity contribution < 1.29 is 14.7 Å². The first-order valence-corrected chi connectivity index (χ1v) is 12.4. The molecule has 1 saturated carbocycles. The quantitative estimate of drug-likeness (QED) is 0.303. The molecule has 8 heteroatoms. The molecule has 7 nitrogen and oxygen atoms in total. The maximum absolute atomic E-state index is 12.8. The van der Waals surface area contributed by atoms with Crippen LogP contribution in [-0.2, 0) is 0 Å². The fraction of sp³-hybridized carbons (Fsp3) is 0.185. The first kappa shape index (κ1) is 21.5. The summed E-state index contributed by atoms with van der Waals surface area (Å²) in [5.41, 5.74) is 4.12. The van der Waals surface area contributed by atoms with Gasteiger partial charge < -0.3 is 9.67 Å². The highest BCUT2D eigenvalue weighted by molar-refractivity contribution is 7.22. The summed E-state index contributed by atoms with van der Waals surface area (Å²) in [5, 5.41) is 12.9. The van der Waals surface area contributed by atoms with Gasteiger partial charge in [0.2, 0.25) is 0 Å². The highest BCUT2D eigenvalue weighted by Gasteiger charge is 2.24. The van der Waals surface area contributed by atoms with Crippen LogP contribution >= 0.6 is 11.3 Å². The Morgan fingerprint density at radius 2 is 1.66 bits per heavy atom.